The maximum atomic E-state index is 12.2. The number of rotatable bonds is 3. The highest BCUT2D eigenvalue weighted by molar-refractivity contribution is 6.32. The molecule has 0 aliphatic heterocycles. The van der Waals surface area contributed by atoms with Crippen LogP contribution in [0.1, 0.15) is 12.7 Å². The molecule has 0 radical (unpaired) electrons. The average molecular weight is 297 g/mol. The SMILES string of the molecule is COc1ccc(Cl)c(-n2nc(C)n(NC(C)=O)c2=O)c1. The Balaban J connectivity index is 2.59. The molecule has 0 spiro atoms. The third-order valence-corrected chi connectivity index (χ3v) is 2.91. The van der Waals surface area contributed by atoms with Gasteiger partial charge in [-0.1, -0.05) is 11.6 Å². The van der Waals surface area contributed by atoms with E-state index in [1.54, 1.807) is 25.1 Å². The summed E-state index contributed by atoms with van der Waals surface area (Å²) >= 11 is 6.08. The van der Waals surface area contributed by atoms with Crippen LogP contribution in [0.4, 0.5) is 0 Å². The molecule has 7 nitrogen and oxygen atoms in total. The minimum atomic E-state index is -0.521. The van der Waals surface area contributed by atoms with Crippen LogP contribution in [0.3, 0.4) is 0 Å². The maximum Gasteiger partial charge on any atom is 0.370 e. The highest BCUT2D eigenvalue weighted by atomic mass is 35.5. The van der Waals surface area contributed by atoms with Crippen LogP contribution >= 0.6 is 11.6 Å². The summed E-state index contributed by atoms with van der Waals surface area (Å²) in [5.74, 6) is 0.513. The van der Waals surface area contributed by atoms with E-state index in [0.29, 0.717) is 22.3 Å². The van der Waals surface area contributed by atoms with Crippen molar-refractivity contribution in [2.45, 2.75) is 13.8 Å². The molecule has 2 rings (SSSR count). The van der Waals surface area contributed by atoms with Crippen molar-refractivity contribution in [1.82, 2.24) is 14.5 Å². The number of carbonyl (C=O) groups is 1. The molecule has 1 N–H and O–H groups in total. The number of amides is 1. The number of aromatic nitrogens is 3. The van der Waals surface area contributed by atoms with Crippen molar-refractivity contribution in [3.8, 4) is 11.4 Å². The zero-order valence-electron chi connectivity index (χ0n) is 11.2. The number of hydrogen-bond donors (Lipinski definition) is 1. The van der Waals surface area contributed by atoms with Crippen LogP contribution in [0.25, 0.3) is 5.69 Å². The Morgan fingerprint density at radius 3 is 2.75 bits per heavy atom. The molecule has 106 valence electrons. The number of halogens is 1. The first-order valence-corrected chi connectivity index (χ1v) is 6.12. The van der Waals surface area contributed by atoms with Crippen LogP contribution < -0.4 is 15.9 Å². The predicted molar refractivity (Wildman–Crippen MR) is 74.2 cm³/mol. The lowest BCUT2D eigenvalue weighted by Crippen LogP contribution is -2.33. The van der Waals surface area contributed by atoms with E-state index in [9.17, 15) is 9.59 Å². The molecule has 8 heteroatoms. The fourth-order valence-corrected chi connectivity index (χ4v) is 1.89. The minimum absolute atomic E-state index is 0.337. The first-order valence-electron chi connectivity index (χ1n) is 5.74. The summed E-state index contributed by atoms with van der Waals surface area (Å²) in [6.45, 7) is 2.91. The monoisotopic (exact) mass is 296 g/mol. The normalized spacial score (nSPS) is 10.4. The van der Waals surface area contributed by atoms with Gasteiger partial charge in [0.1, 0.15) is 5.75 Å². The zero-order valence-corrected chi connectivity index (χ0v) is 11.9. The van der Waals surface area contributed by atoms with Crippen molar-refractivity contribution in [2.24, 2.45) is 0 Å². The van der Waals surface area contributed by atoms with E-state index in [1.165, 1.54) is 14.0 Å². The largest absolute Gasteiger partial charge is 0.497 e. The van der Waals surface area contributed by atoms with Gasteiger partial charge in [-0.3, -0.25) is 10.2 Å². The molecule has 1 amide bonds. The fourth-order valence-electron chi connectivity index (χ4n) is 1.69. The van der Waals surface area contributed by atoms with Crippen LogP contribution in [0.5, 0.6) is 5.75 Å². The molecule has 0 fully saturated rings. The van der Waals surface area contributed by atoms with Crippen LogP contribution in [-0.4, -0.2) is 27.5 Å². The molecule has 0 bridgehead atoms. The van der Waals surface area contributed by atoms with E-state index in [0.717, 1.165) is 9.36 Å². The number of methoxy groups -OCH3 is 1. The Hall–Kier alpha value is -2.28. The summed E-state index contributed by atoms with van der Waals surface area (Å²) in [6.07, 6.45) is 0. The van der Waals surface area contributed by atoms with Gasteiger partial charge < -0.3 is 4.74 Å². The summed E-state index contributed by atoms with van der Waals surface area (Å²) < 4.78 is 7.26. The standard InChI is InChI=1S/C12H13ClN4O3/c1-7-14-17(12(19)16(7)15-8(2)18)11-6-9(20-3)4-5-10(11)13/h4-6H,1-3H3,(H,15,18). The second-order valence-corrected chi connectivity index (χ2v) is 4.47. The molecule has 2 aromatic rings. The van der Waals surface area contributed by atoms with Gasteiger partial charge in [0.2, 0.25) is 5.91 Å². The average Bonchev–Trinajstić information content (AvgIpc) is 2.67. The molecule has 0 saturated heterocycles. The van der Waals surface area contributed by atoms with Crippen molar-refractivity contribution < 1.29 is 9.53 Å². The summed E-state index contributed by atoms with van der Waals surface area (Å²) in [6, 6.07) is 4.87. The number of hydrogen-bond acceptors (Lipinski definition) is 4. The Morgan fingerprint density at radius 1 is 1.45 bits per heavy atom. The van der Waals surface area contributed by atoms with Crippen molar-refractivity contribution in [3.63, 3.8) is 0 Å². The smallest absolute Gasteiger partial charge is 0.370 e. The summed E-state index contributed by atoms with van der Waals surface area (Å²) in [4.78, 5) is 23.3. The third kappa shape index (κ3) is 2.53. The molecule has 0 unspecified atom stereocenters. The molecular formula is C12H13ClN4O3. The van der Waals surface area contributed by atoms with Gasteiger partial charge in [-0.25, -0.2) is 4.79 Å². The van der Waals surface area contributed by atoms with Crippen molar-refractivity contribution >= 4 is 17.5 Å². The van der Waals surface area contributed by atoms with Gasteiger partial charge in [-0.2, -0.15) is 9.36 Å². The zero-order chi connectivity index (χ0) is 14.9. The maximum absolute atomic E-state index is 12.2. The van der Waals surface area contributed by atoms with Gasteiger partial charge in [0, 0.05) is 13.0 Å². The highest BCUT2D eigenvalue weighted by Crippen LogP contribution is 2.24. The summed E-state index contributed by atoms with van der Waals surface area (Å²) in [5.41, 5.74) is 2.24. The Labute approximate surface area is 119 Å². The first kappa shape index (κ1) is 14.1. The topological polar surface area (TPSA) is 78.2 Å². The van der Waals surface area contributed by atoms with Gasteiger partial charge in [-0.05, 0) is 19.1 Å². The molecule has 1 aromatic carbocycles. The van der Waals surface area contributed by atoms with Gasteiger partial charge in [-0.15, -0.1) is 5.10 Å². The van der Waals surface area contributed by atoms with Crippen molar-refractivity contribution in [1.29, 1.82) is 0 Å². The number of aryl methyl sites for hydroxylation is 1. The van der Waals surface area contributed by atoms with E-state index in [1.807, 2.05) is 0 Å². The van der Waals surface area contributed by atoms with E-state index in [4.69, 9.17) is 16.3 Å². The van der Waals surface area contributed by atoms with Gasteiger partial charge >= 0.3 is 5.69 Å². The molecule has 1 aromatic heterocycles. The molecular weight excluding hydrogens is 284 g/mol. The number of nitrogens with zero attached hydrogens (tertiary/aromatic N) is 3. The van der Waals surface area contributed by atoms with Crippen LogP contribution in [0.15, 0.2) is 23.0 Å². The predicted octanol–water partition coefficient (Wildman–Crippen LogP) is 1.09. The number of ether oxygens (including phenoxy) is 1. The minimum Gasteiger partial charge on any atom is -0.497 e. The Morgan fingerprint density at radius 2 is 2.15 bits per heavy atom. The van der Waals surface area contributed by atoms with Crippen molar-refractivity contribution in [2.75, 3.05) is 12.5 Å². The van der Waals surface area contributed by atoms with E-state index < -0.39 is 5.69 Å². The lowest BCUT2D eigenvalue weighted by Gasteiger charge is -2.05. The van der Waals surface area contributed by atoms with E-state index in [2.05, 4.69) is 10.5 Å². The second-order valence-electron chi connectivity index (χ2n) is 4.06. The Bertz CT molecular complexity index is 720. The van der Waals surface area contributed by atoms with Crippen LogP contribution in [0, 0.1) is 6.92 Å². The number of carbonyl (C=O) groups excluding carboxylic acids is 1. The summed E-state index contributed by atoms with van der Waals surface area (Å²) in [7, 11) is 1.51. The highest BCUT2D eigenvalue weighted by Gasteiger charge is 2.15. The fraction of sp³-hybridized carbons (Fsp3) is 0.250. The van der Waals surface area contributed by atoms with Gasteiger partial charge in [0.05, 0.1) is 17.8 Å². The van der Waals surface area contributed by atoms with Crippen LogP contribution in [0.2, 0.25) is 5.02 Å². The van der Waals surface area contributed by atoms with Gasteiger partial charge in [0.15, 0.2) is 5.82 Å². The summed E-state index contributed by atoms with van der Waals surface area (Å²) in [5, 5.41) is 4.43. The lowest BCUT2D eigenvalue weighted by atomic mass is 10.3. The lowest BCUT2D eigenvalue weighted by molar-refractivity contribution is -0.115. The first-order chi connectivity index (χ1) is 9.43. The van der Waals surface area contributed by atoms with E-state index in [-0.39, 0.29) is 5.91 Å². The number of nitrogens with one attached hydrogen (secondary N) is 1. The molecule has 0 aliphatic rings. The van der Waals surface area contributed by atoms with E-state index >= 15 is 0 Å². The quantitative estimate of drug-likeness (QED) is 0.920. The molecule has 0 atom stereocenters. The van der Waals surface area contributed by atoms with Crippen molar-refractivity contribution in [3.05, 3.63) is 39.5 Å². The molecule has 20 heavy (non-hydrogen) atoms. The third-order valence-electron chi connectivity index (χ3n) is 2.59. The van der Waals surface area contributed by atoms with Crippen LogP contribution in [-0.2, 0) is 4.79 Å². The molecule has 1 heterocycles. The molecule has 0 saturated carbocycles. The Kier molecular flexibility index (Phi) is 3.80. The second kappa shape index (κ2) is 5.38. The molecule has 0 aliphatic carbocycles. The number of benzene rings is 1. The van der Waals surface area contributed by atoms with Gasteiger partial charge in [0.25, 0.3) is 0 Å².